The number of para-hydroxylation sites is 1. The summed E-state index contributed by atoms with van der Waals surface area (Å²) in [6.45, 7) is 2.61. The van der Waals surface area contributed by atoms with Crippen molar-refractivity contribution in [3.8, 4) is 5.75 Å². The summed E-state index contributed by atoms with van der Waals surface area (Å²) in [7, 11) is 1.62. The summed E-state index contributed by atoms with van der Waals surface area (Å²) in [5.74, 6) is 1.38. The molecule has 0 radical (unpaired) electrons. The second kappa shape index (κ2) is 8.31. The van der Waals surface area contributed by atoms with E-state index < -0.39 is 0 Å². The van der Waals surface area contributed by atoms with Crippen molar-refractivity contribution in [3.63, 3.8) is 0 Å². The molecule has 1 aliphatic heterocycles. The molecule has 2 aromatic rings. The average Bonchev–Trinajstić information content (AvgIpc) is 3.27. The number of furan rings is 1. The molecule has 7 heteroatoms. The van der Waals surface area contributed by atoms with E-state index >= 15 is 0 Å². The van der Waals surface area contributed by atoms with E-state index in [1.54, 1.807) is 42.2 Å². The van der Waals surface area contributed by atoms with Crippen molar-refractivity contribution in [2.75, 3.05) is 13.7 Å². The van der Waals surface area contributed by atoms with E-state index in [4.69, 9.17) is 9.15 Å². The molecule has 1 saturated heterocycles. The van der Waals surface area contributed by atoms with Gasteiger partial charge in [0.25, 0.3) is 0 Å². The molecule has 138 valence electrons. The van der Waals surface area contributed by atoms with Gasteiger partial charge >= 0.3 is 0 Å². The van der Waals surface area contributed by atoms with Crippen molar-refractivity contribution >= 4 is 23.6 Å². The van der Waals surface area contributed by atoms with Crippen LogP contribution in [-0.2, 0) is 16.1 Å². The molecule has 1 aromatic heterocycles. The molecule has 2 amide bonds. The highest BCUT2D eigenvalue weighted by Gasteiger charge is 2.39. The first-order valence-corrected chi connectivity index (χ1v) is 9.42. The van der Waals surface area contributed by atoms with Crippen molar-refractivity contribution in [1.29, 1.82) is 0 Å². The van der Waals surface area contributed by atoms with E-state index in [0.29, 0.717) is 18.8 Å². The van der Waals surface area contributed by atoms with Gasteiger partial charge in [-0.25, -0.2) is 0 Å². The van der Waals surface area contributed by atoms with Gasteiger partial charge in [0.2, 0.25) is 11.8 Å². The van der Waals surface area contributed by atoms with Gasteiger partial charge in [-0.2, -0.15) is 0 Å². The van der Waals surface area contributed by atoms with E-state index in [-0.39, 0.29) is 28.9 Å². The minimum atomic E-state index is -0.147. The van der Waals surface area contributed by atoms with Crippen LogP contribution in [0.4, 0.5) is 0 Å². The maximum Gasteiger partial charge on any atom is 0.236 e. The van der Waals surface area contributed by atoms with E-state index in [2.05, 4.69) is 5.32 Å². The third-order valence-corrected chi connectivity index (χ3v) is 5.65. The minimum absolute atomic E-state index is 0.0461. The summed E-state index contributed by atoms with van der Waals surface area (Å²) in [4.78, 5) is 26.5. The number of rotatable bonds is 7. The quantitative estimate of drug-likeness (QED) is 0.807. The molecular formula is C19H22N2O4S. The highest BCUT2D eigenvalue weighted by Crippen LogP contribution is 2.45. The van der Waals surface area contributed by atoms with Crippen LogP contribution in [0.25, 0.3) is 0 Å². The van der Waals surface area contributed by atoms with Crippen molar-refractivity contribution in [3.05, 3.63) is 54.0 Å². The molecule has 2 heterocycles. The maximum atomic E-state index is 12.6. The number of nitrogens with zero attached hydrogens (tertiary/aromatic N) is 1. The van der Waals surface area contributed by atoms with Crippen LogP contribution >= 0.6 is 11.8 Å². The molecule has 0 spiro atoms. The van der Waals surface area contributed by atoms with E-state index in [1.807, 2.05) is 31.2 Å². The van der Waals surface area contributed by atoms with Gasteiger partial charge in [-0.1, -0.05) is 18.2 Å². The van der Waals surface area contributed by atoms with Crippen molar-refractivity contribution in [2.24, 2.45) is 0 Å². The third kappa shape index (κ3) is 4.04. The standard InChI is InChI=1S/C19H22N2O4S/c1-13-18(23)21(10-9-17(22)20-12-14-6-5-11-25-14)19(26-13)15-7-3-4-8-16(15)24-2/h3-8,11,13,19H,9-10,12H2,1-2H3,(H,20,22)/t13-,19+/m0/s1. The number of ether oxygens (including phenoxy) is 1. The molecule has 2 atom stereocenters. The Morgan fingerprint density at radius 3 is 2.85 bits per heavy atom. The lowest BCUT2D eigenvalue weighted by atomic mass is 10.1. The Morgan fingerprint density at radius 2 is 2.12 bits per heavy atom. The topological polar surface area (TPSA) is 71.8 Å². The molecule has 3 rings (SSSR count). The first-order valence-electron chi connectivity index (χ1n) is 8.48. The molecule has 1 fully saturated rings. The smallest absolute Gasteiger partial charge is 0.236 e. The predicted molar refractivity (Wildman–Crippen MR) is 99.7 cm³/mol. The lowest BCUT2D eigenvalue weighted by Crippen LogP contribution is -2.34. The van der Waals surface area contributed by atoms with Crippen LogP contribution in [-0.4, -0.2) is 35.6 Å². The van der Waals surface area contributed by atoms with Crippen LogP contribution in [0.5, 0.6) is 5.75 Å². The Bertz CT molecular complexity index is 763. The summed E-state index contributed by atoms with van der Waals surface area (Å²) >= 11 is 1.58. The van der Waals surface area contributed by atoms with Gasteiger partial charge in [-0.3, -0.25) is 9.59 Å². The fourth-order valence-electron chi connectivity index (χ4n) is 2.92. The lowest BCUT2D eigenvalue weighted by molar-refractivity contribution is -0.130. The monoisotopic (exact) mass is 374 g/mol. The zero-order valence-corrected chi connectivity index (χ0v) is 15.6. The van der Waals surface area contributed by atoms with Gasteiger partial charge in [0.15, 0.2) is 0 Å². The van der Waals surface area contributed by atoms with Gasteiger partial charge in [-0.05, 0) is 25.1 Å². The average molecular weight is 374 g/mol. The van der Waals surface area contributed by atoms with E-state index in [1.165, 1.54) is 0 Å². The molecule has 1 N–H and O–H groups in total. The van der Waals surface area contributed by atoms with E-state index in [0.717, 1.165) is 11.3 Å². The maximum absolute atomic E-state index is 12.6. The molecule has 0 aliphatic carbocycles. The number of hydrogen-bond donors (Lipinski definition) is 1. The number of carbonyl (C=O) groups is 2. The molecule has 1 aliphatic rings. The van der Waals surface area contributed by atoms with Crippen LogP contribution in [0.1, 0.15) is 30.0 Å². The van der Waals surface area contributed by atoms with Crippen LogP contribution in [0, 0.1) is 0 Å². The molecular weight excluding hydrogens is 352 g/mol. The summed E-state index contributed by atoms with van der Waals surface area (Å²) in [5, 5.41) is 2.52. The summed E-state index contributed by atoms with van der Waals surface area (Å²) in [5.41, 5.74) is 0.952. The van der Waals surface area contributed by atoms with Crippen LogP contribution in [0.3, 0.4) is 0 Å². The summed E-state index contributed by atoms with van der Waals surface area (Å²) in [6, 6.07) is 11.3. The number of methoxy groups -OCH3 is 1. The normalized spacial score (nSPS) is 19.6. The molecule has 1 aromatic carbocycles. The third-order valence-electron chi connectivity index (χ3n) is 4.27. The lowest BCUT2D eigenvalue weighted by Gasteiger charge is -2.25. The van der Waals surface area contributed by atoms with E-state index in [9.17, 15) is 9.59 Å². The van der Waals surface area contributed by atoms with Gasteiger partial charge in [-0.15, -0.1) is 11.8 Å². The second-order valence-corrected chi connectivity index (χ2v) is 7.44. The van der Waals surface area contributed by atoms with Crippen LogP contribution in [0.15, 0.2) is 47.1 Å². The number of amides is 2. The number of carbonyl (C=O) groups excluding carboxylic acids is 2. The van der Waals surface area contributed by atoms with Gasteiger partial charge in [0, 0.05) is 18.5 Å². The second-order valence-electron chi connectivity index (χ2n) is 6.01. The largest absolute Gasteiger partial charge is 0.496 e. The Kier molecular flexibility index (Phi) is 5.88. The number of thioether (sulfide) groups is 1. The zero-order valence-electron chi connectivity index (χ0n) is 14.8. The number of nitrogens with one attached hydrogen (secondary N) is 1. The highest BCUT2D eigenvalue weighted by atomic mass is 32.2. The molecule has 26 heavy (non-hydrogen) atoms. The fraction of sp³-hybridized carbons (Fsp3) is 0.368. The molecule has 6 nitrogen and oxygen atoms in total. The van der Waals surface area contributed by atoms with Crippen LogP contribution < -0.4 is 10.1 Å². The number of hydrogen-bond acceptors (Lipinski definition) is 5. The van der Waals surface area contributed by atoms with Crippen LogP contribution in [0.2, 0.25) is 0 Å². The van der Waals surface area contributed by atoms with Gasteiger partial charge < -0.3 is 19.4 Å². The van der Waals surface area contributed by atoms with Gasteiger partial charge in [0.05, 0.1) is 25.2 Å². The van der Waals surface area contributed by atoms with Crippen molar-refractivity contribution in [2.45, 2.75) is 30.5 Å². The van der Waals surface area contributed by atoms with Crippen molar-refractivity contribution in [1.82, 2.24) is 10.2 Å². The number of benzene rings is 1. The Morgan fingerprint density at radius 1 is 1.31 bits per heavy atom. The first-order chi connectivity index (χ1) is 12.6. The highest BCUT2D eigenvalue weighted by molar-refractivity contribution is 8.01. The Labute approximate surface area is 156 Å². The fourth-order valence-corrected chi connectivity index (χ4v) is 4.26. The molecule has 0 bridgehead atoms. The van der Waals surface area contributed by atoms with Gasteiger partial charge in [0.1, 0.15) is 16.9 Å². The molecule has 0 unspecified atom stereocenters. The predicted octanol–water partition coefficient (Wildman–Crippen LogP) is 2.96. The Balaban J connectivity index is 1.64. The van der Waals surface area contributed by atoms with Crippen molar-refractivity contribution < 1.29 is 18.7 Å². The molecule has 0 saturated carbocycles. The SMILES string of the molecule is COc1ccccc1[C@H]1S[C@@H](C)C(=O)N1CCC(=O)NCc1ccco1. The summed E-state index contributed by atoms with van der Waals surface area (Å²) < 4.78 is 10.6. The zero-order chi connectivity index (χ0) is 18.5. The summed E-state index contributed by atoms with van der Waals surface area (Å²) in [6.07, 6.45) is 1.81. The first kappa shape index (κ1) is 18.4. The minimum Gasteiger partial charge on any atom is -0.496 e. The Hall–Kier alpha value is -2.41.